The zero-order chi connectivity index (χ0) is 16.3. The Morgan fingerprint density at radius 1 is 1.42 bits per heavy atom. The van der Waals surface area contributed by atoms with Crippen LogP contribution in [-0.2, 0) is 12.8 Å². The van der Waals surface area contributed by atoms with Crippen LogP contribution in [0.1, 0.15) is 46.2 Å². The van der Waals surface area contributed by atoms with Gasteiger partial charge in [-0.05, 0) is 35.6 Å². The molecule has 0 aromatic carbocycles. The van der Waals surface area contributed by atoms with E-state index in [4.69, 9.17) is 10.3 Å². The van der Waals surface area contributed by atoms with Crippen molar-refractivity contribution in [3.8, 4) is 0 Å². The van der Waals surface area contributed by atoms with Gasteiger partial charge in [0.2, 0.25) is 5.27 Å². The molecule has 0 spiro atoms. The number of carbonyl (C=O) groups is 1. The van der Waals surface area contributed by atoms with Crippen LogP contribution in [0.15, 0.2) is 16.8 Å². The summed E-state index contributed by atoms with van der Waals surface area (Å²) in [6, 6.07) is 2.49. The molecule has 1 amide bonds. The van der Waals surface area contributed by atoms with Crippen molar-refractivity contribution in [2.75, 3.05) is 11.1 Å². The highest BCUT2D eigenvalue weighted by molar-refractivity contribution is 7.21. The molecule has 5 rings (SSSR count). The number of nitrogens with zero attached hydrogens (tertiary/aromatic N) is 3. The predicted molar refractivity (Wildman–Crippen MR) is 89.0 cm³/mol. The second kappa shape index (κ2) is 5.01. The summed E-state index contributed by atoms with van der Waals surface area (Å²) in [6.45, 7) is 0. The van der Waals surface area contributed by atoms with Gasteiger partial charge in [0.05, 0.1) is 5.69 Å². The number of hydrogen-bond acceptors (Lipinski definition) is 6. The van der Waals surface area contributed by atoms with E-state index in [1.165, 1.54) is 16.9 Å². The van der Waals surface area contributed by atoms with E-state index in [0.717, 1.165) is 48.0 Å². The van der Waals surface area contributed by atoms with E-state index < -0.39 is 0 Å². The average molecular weight is 342 g/mol. The molecule has 0 bridgehead atoms. The van der Waals surface area contributed by atoms with Crippen molar-refractivity contribution in [3.63, 3.8) is 0 Å². The molecule has 2 aliphatic rings. The normalized spacial score (nSPS) is 16.5. The zero-order valence-electron chi connectivity index (χ0n) is 12.9. The molecule has 1 saturated carbocycles. The highest BCUT2D eigenvalue weighted by atomic mass is 32.1. The molecule has 0 aliphatic heterocycles. The Bertz CT molecular complexity index is 972. The first-order valence-electron chi connectivity index (χ1n) is 8.09. The number of rotatable bonds is 3. The third kappa shape index (κ3) is 2.17. The lowest BCUT2D eigenvalue weighted by molar-refractivity contribution is -0.765. The SMILES string of the molecule is Nc1c(C(=O)Nc2c[n+](C3CC3)no2)sc2nc3c(cc12)CCC3. The van der Waals surface area contributed by atoms with E-state index in [9.17, 15) is 4.79 Å². The first-order valence-corrected chi connectivity index (χ1v) is 8.91. The highest BCUT2D eigenvalue weighted by Gasteiger charge is 2.36. The minimum absolute atomic E-state index is 0.283. The average Bonchev–Trinajstić information content (AvgIpc) is 3.01. The first kappa shape index (κ1) is 13.9. The van der Waals surface area contributed by atoms with Gasteiger partial charge in [0.1, 0.15) is 9.71 Å². The summed E-state index contributed by atoms with van der Waals surface area (Å²) in [5.74, 6) is 0.0500. The monoisotopic (exact) mass is 342 g/mol. The summed E-state index contributed by atoms with van der Waals surface area (Å²) in [6.07, 6.45) is 7.09. The predicted octanol–water partition coefficient (Wildman–Crippen LogP) is 2.23. The van der Waals surface area contributed by atoms with Crippen molar-refractivity contribution < 1.29 is 14.0 Å². The van der Waals surface area contributed by atoms with Crippen molar-refractivity contribution >= 4 is 39.0 Å². The van der Waals surface area contributed by atoms with Crippen LogP contribution in [0.3, 0.4) is 0 Å². The van der Waals surface area contributed by atoms with Crippen LogP contribution in [0.25, 0.3) is 10.2 Å². The maximum atomic E-state index is 12.5. The minimum atomic E-state index is -0.283. The zero-order valence-corrected chi connectivity index (χ0v) is 13.7. The standard InChI is InChI=1S/C16H15N5O2S/c17-13-10-6-8-2-1-3-11(8)18-16(10)24-14(13)15(22)19-12-7-21(20-23-12)9-4-5-9/h6-7,9H,1-5H2,(H2-,17,19,20,22)/p+1. The maximum absolute atomic E-state index is 12.5. The van der Waals surface area contributed by atoms with Crippen LogP contribution in [-0.4, -0.2) is 16.2 Å². The summed E-state index contributed by atoms with van der Waals surface area (Å²) in [7, 11) is 0. The third-order valence-electron chi connectivity index (χ3n) is 4.60. The number of fused-ring (bicyclic) bond motifs is 2. The van der Waals surface area contributed by atoms with E-state index in [0.29, 0.717) is 22.5 Å². The molecule has 3 N–H and O–H groups in total. The Labute approximate surface area is 141 Å². The van der Waals surface area contributed by atoms with Crippen LogP contribution >= 0.6 is 11.3 Å². The topological polar surface area (TPSA) is 97.9 Å². The van der Waals surface area contributed by atoms with Gasteiger partial charge in [-0.2, -0.15) is 0 Å². The molecule has 0 saturated heterocycles. The second-order valence-electron chi connectivity index (χ2n) is 6.38. The molecule has 3 heterocycles. The van der Waals surface area contributed by atoms with Crippen molar-refractivity contribution in [3.05, 3.63) is 28.4 Å². The van der Waals surface area contributed by atoms with E-state index in [2.05, 4.69) is 21.6 Å². The molecule has 7 nitrogen and oxygen atoms in total. The fourth-order valence-corrected chi connectivity index (χ4v) is 4.15. The summed E-state index contributed by atoms with van der Waals surface area (Å²) < 4.78 is 6.91. The number of thiophene rings is 1. The summed E-state index contributed by atoms with van der Waals surface area (Å²) >= 11 is 1.33. The number of aryl methyl sites for hydroxylation is 2. The fraction of sp³-hybridized carbons (Fsp3) is 0.375. The van der Waals surface area contributed by atoms with Gasteiger partial charge in [-0.25, -0.2) is 4.98 Å². The largest absolute Gasteiger partial charge is 0.397 e. The Balaban J connectivity index is 1.46. The molecule has 0 radical (unpaired) electrons. The molecular weight excluding hydrogens is 326 g/mol. The molecule has 3 aromatic heterocycles. The van der Waals surface area contributed by atoms with E-state index in [-0.39, 0.29) is 5.91 Å². The van der Waals surface area contributed by atoms with Crippen molar-refractivity contribution in [1.82, 2.24) is 10.3 Å². The number of nitrogens with two attached hydrogens (primary N) is 1. The van der Waals surface area contributed by atoms with E-state index in [1.807, 2.05) is 0 Å². The number of carbonyl (C=O) groups excluding carboxylic acids is 1. The van der Waals surface area contributed by atoms with Crippen LogP contribution in [0.5, 0.6) is 0 Å². The first-order chi connectivity index (χ1) is 11.7. The molecule has 0 atom stereocenters. The molecule has 0 unspecified atom stereocenters. The Morgan fingerprint density at radius 2 is 2.29 bits per heavy atom. The number of amides is 1. The quantitative estimate of drug-likeness (QED) is 0.711. The lowest BCUT2D eigenvalue weighted by Crippen LogP contribution is -2.32. The lowest BCUT2D eigenvalue weighted by atomic mass is 10.1. The Kier molecular flexibility index (Phi) is 2.90. The van der Waals surface area contributed by atoms with Gasteiger partial charge in [-0.3, -0.25) is 14.6 Å². The second-order valence-corrected chi connectivity index (χ2v) is 7.38. The molecule has 122 valence electrons. The maximum Gasteiger partial charge on any atom is 0.302 e. The number of hydrogen-bond donors (Lipinski definition) is 2. The molecule has 8 heteroatoms. The summed E-state index contributed by atoms with van der Waals surface area (Å²) in [4.78, 5) is 18.5. The molecular formula is C16H16N5O2S+. The van der Waals surface area contributed by atoms with Gasteiger partial charge in [0.25, 0.3) is 12.1 Å². The lowest BCUT2D eigenvalue weighted by Gasteiger charge is -1.99. The van der Waals surface area contributed by atoms with Crippen molar-refractivity contribution in [1.29, 1.82) is 0 Å². The van der Waals surface area contributed by atoms with Crippen LogP contribution < -0.4 is 15.7 Å². The summed E-state index contributed by atoms with van der Waals surface area (Å²) in [5.41, 5.74) is 9.08. The number of pyridine rings is 1. The molecule has 1 fully saturated rings. The third-order valence-corrected chi connectivity index (χ3v) is 5.71. The minimum Gasteiger partial charge on any atom is -0.397 e. The number of nitrogen functional groups attached to an aromatic ring is 1. The van der Waals surface area contributed by atoms with Crippen LogP contribution in [0, 0.1) is 0 Å². The number of aromatic nitrogens is 3. The number of nitrogens with one attached hydrogen (secondary N) is 1. The Morgan fingerprint density at radius 3 is 3.12 bits per heavy atom. The van der Waals surface area contributed by atoms with Gasteiger partial charge >= 0.3 is 5.88 Å². The highest BCUT2D eigenvalue weighted by Crippen LogP contribution is 2.36. The summed E-state index contributed by atoms with van der Waals surface area (Å²) in [5, 5.41) is 7.52. The van der Waals surface area contributed by atoms with Crippen molar-refractivity contribution in [2.24, 2.45) is 0 Å². The van der Waals surface area contributed by atoms with Gasteiger partial charge in [0, 0.05) is 23.9 Å². The van der Waals surface area contributed by atoms with Crippen LogP contribution in [0.4, 0.5) is 11.6 Å². The van der Waals surface area contributed by atoms with Gasteiger partial charge in [-0.1, -0.05) is 0 Å². The van der Waals surface area contributed by atoms with Crippen molar-refractivity contribution in [2.45, 2.75) is 38.1 Å². The van der Waals surface area contributed by atoms with Crippen LogP contribution in [0.2, 0.25) is 0 Å². The van der Waals surface area contributed by atoms with E-state index >= 15 is 0 Å². The van der Waals surface area contributed by atoms with Gasteiger partial charge in [-0.15, -0.1) is 11.3 Å². The van der Waals surface area contributed by atoms with Gasteiger partial charge < -0.3 is 5.73 Å². The molecule has 2 aliphatic carbocycles. The van der Waals surface area contributed by atoms with E-state index in [1.54, 1.807) is 10.9 Å². The Hall–Kier alpha value is -2.48. The molecule has 3 aromatic rings. The smallest absolute Gasteiger partial charge is 0.302 e. The number of anilines is 2. The molecule has 24 heavy (non-hydrogen) atoms. The van der Waals surface area contributed by atoms with Gasteiger partial charge in [0.15, 0.2) is 6.04 Å². The fourth-order valence-electron chi connectivity index (χ4n) is 3.16.